The predicted molar refractivity (Wildman–Crippen MR) is 349 cm³/mol. The first kappa shape index (κ1) is 79.7. The van der Waals surface area contributed by atoms with Crippen molar-refractivity contribution in [2.75, 3.05) is 13.2 Å². The molecule has 0 amide bonds. The second-order valence-corrected chi connectivity index (χ2v) is 24.5. The average Bonchev–Trinajstić information content (AvgIpc) is 2.79. The third kappa shape index (κ3) is 50.3. The first-order chi connectivity index (χ1) is 41.6. The van der Waals surface area contributed by atoms with Crippen molar-refractivity contribution in [3.8, 4) is 0 Å². The van der Waals surface area contributed by atoms with E-state index in [-0.39, 0.29) is 25.9 Å². The molecule has 85 heavy (non-hydrogen) atoms. The van der Waals surface area contributed by atoms with Crippen LogP contribution in [0.2, 0.25) is 0 Å². The molecular weight excluding hydrogens is 1070 g/mol. The second-order valence-electron chi connectivity index (χ2n) is 24.5. The number of ether oxygens (including phenoxy) is 5. The van der Waals surface area contributed by atoms with E-state index in [9.17, 15) is 34.5 Å². The quantitative estimate of drug-likeness (QED) is 0.0228. The molecule has 1 fully saturated rings. The third-order valence-corrected chi connectivity index (χ3v) is 16.4. The summed E-state index contributed by atoms with van der Waals surface area (Å²) in [7, 11) is 0. The van der Waals surface area contributed by atoms with Crippen LogP contribution in [0.4, 0.5) is 0 Å². The molecule has 0 bridgehead atoms. The molecule has 6 unspecified atom stereocenters. The number of rotatable bonds is 62. The molecule has 1 heterocycles. The van der Waals surface area contributed by atoms with Crippen LogP contribution in [-0.4, -0.2) is 89.2 Å². The Morgan fingerprint density at radius 2 is 0.706 bits per heavy atom. The zero-order valence-corrected chi connectivity index (χ0v) is 54.9. The number of carbonyl (C=O) groups excluding carboxylic acids is 3. The first-order valence-corrected chi connectivity index (χ1v) is 35.6. The number of aliphatic hydroxyl groups excluding tert-OH is 2. The number of aliphatic hydroxyl groups is 2. The number of hydrogen-bond donors (Lipinski definition) is 3. The minimum absolute atomic E-state index is 0.0476. The summed E-state index contributed by atoms with van der Waals surface area (Å²) in [5.41, 5.74) is 0. The fourth-order valence-electron chi connectivity index (χ4n) is 10.9. The normalized spacial score (nSPS) is 17.7. The van der Waals surface area contributed by atoms with Gasteiger partial charge in [0.2, 0.25) is 0 Å². The van der Waals surface area contributed by atoms with Crippen molar-refractivity contribution in [2.24, 2.45) is 0 Å². The van der Waals surface area contributed by atoms with E-state index in [0.717, 1.165) is 103 Å². The van der Waals surface area contributed by atoms with Crippen molar-refractivity contribution in [2.45, 2.75) is 379 Å². The topological polar surface area (TPSA) is 175 Å². The molecule has 0 aliphatic carbocycles. The first-order valence-electron chi connectivity index (χ1n) is 35.6. The van der Waals surface area contributed by atoms with Crippen molar-refractivity contribution < 1.29 is 58.2 Å². The highest BCUT2D eigenvalue weighted by atomic mass is 16.7. The molecule has 12 nitrogen and oxygen atoms in total. The van der Waals surface area contributed by atoms with Gasteiger partial charge in [0.15, 0.2) is 24.6 Å². The maximum atomic E-state index is 13.2. The number of carboxylic acids is 1. The molecule has 0 saturated carbocycles. The van der Waals surface area contributed by atoms with Gasteiger partial charge in [-0.2, -0.15) is 0 Å². The number of esters is 3. The van der Waals surface area contributed by atoms with Crippen LogP contribution < -0.4 is 0 Å². The number of carboxylic acid groups (broad SMARTS) is 1. The Balaban J connectivity index is 2.63. The summed E-state index contributed by atoms with van der Waals surface area (Å²) >= 11 is 0. The molecule has 1 saturated heterocycles. The summed E-state index contributed by atoms with van der Waals surface area (Å²) in [5, 5.41) is 31.7. The van der Waals surface area contributed by atoms with Crippen LogP contribution in [0.25, 0.3) is 0 Å². The van der Waals surface area contributed by atoms with Gasteiger partial charge in [0.25, 0.3) is 0 Å². The van der Waals surface area contributed by atoms with Crippen molar-refractivity contribution in [1.29, 1.82) is 0 Å². The molecule has 1 rings (SSSR count). The smallest absolute Gasteiger partial charge is 0.335 e. The van der Waals surface area contributed by atoms with Gasteiger partial charge in [-0.1, -0.05) is 288 Å². The monoisotopic (exact) mass is 1200 g/mol. The van der Waals surface area contributed by atoms with E-state index >= 15 is 0 Å². The number of allylic oxidation sites excluding steroid dienone is 8. The van der Waals surface area contributed by atoms with E-state index in [1.165, 1.54) is 180 Å². The highest BCUT2D eigenvalue weighted by molar-refractivity contribution is 5.74. The maximum Gasteiger partial charge on any atom is 0.335 e. The molecule has 1 aliphatic heterocycles. The maximum absolute atomic E-state index is 13.2. The molecule has 0 aromatic rings. The largest absolute Gasteiger partial charge is 0.479 e. The van der Waals surface area contributed by atoms with Gasteiger partial charge in [-0.3, -0.25) is 14.4 Å². The van der Waals surface area contributed by atoms with Gasteiger partial charge in [-0.05, 0) is 83.5 Å². The molecule has 6 atom stereocenters. The Kier molecular flexibility index (Phi) is 57.1. The van der Waals surface area contributed by atoms with Gasteiger partial charge in [-0.25, -0.2) is 4.79 Å². The average molecular weight is 1200 g/mol. The molecule has 0 radical (unpaired) electrons. The van der Waals surface area contributed by atoms with E-state index in [4.69, 9.17) is 23.7 Å². The van der Waals surface area contributed by atoms with Crippen LogP contribution in [0.5, 0.6) is 0 Å². The van der Waals surface area contributed by atoms with E-state index in [1.807, 2.05) is 0 Å². The Bertz CT molecular complexity index is 1660. The molecule has 0 spiro atoms. The summed E-state index contributed by atoms with van der Waals surface area (Å²) in [6.45, 7) is 6.02. The molecule has 494 valence electrons. The standard InChI is InChI=1S/C73H130O12/c1-4-7-10-13-16-19-22-25-28-31-33-36-38-41-44-47-50-53-56-59-65(74)81-62-64(83-66(75)60-57-54-51-48-45-42-39-35-30-27-24-21-18-15-12-9-6-3)63-82-73-71(69(78)68(77)70(85-73)72(79)80)84-67(76)61-58-55-52-49-46-43-40-37-34-32-29-26-23-20-17-14-11-8-5-2/h17,20,26-27,29-30,34,37,64,68-71,73,77-78H,4-16,18-19,21-25,28,31-33,35-36,38-63H2,1-3H3,(H,79,80)/b20-17-,29-26-,30-27-,37-34-. The minimum atomic E-state index is -1.91. The predicted octanol–water partition coefficient (Wildman–Crippen LogP) is 19.7. The van der Waals surface area contributed by atoms with Crippen LogP contribution >= 0.6 is 0 Å². The lowest BCUT2D eigenvalue weighted by atomic mass is 9.98. The summed E-state index contributed by atoms with van der Waals surface area (Å²) in [4.78, 5) is 51.5. The Morgan fingerprint density at radius 1 is 0.388 bits per heavy atom. The van der Waals surface area contributed by atoms with Crippen molar-refractivity contribution in [3.63, 3.8) is 0 Å². The van der Waals surface area contributed by atoms with Gasteiger partial charge in [0, 0.05) is 19.3 Å². The van der Waals surface area contributed by atoms with Crippen molar-refractivity contribution >= 4 is 23.9 Å². The summed E-state index contributed by atoms with van der Waals surface area (Å²) in [6.07, 6.45) is 63.4. The fraction of sp³-hybridized carbons (Fsp3) is 0.836. The number of hydrogen-bond acceptors (Lipinski definition) is 11. The lowest BCUT2D eigenvalue weighted by Crippen LogP contribution is -2.61. The lowest BCUT2D eigenvalue weighted by Gasteiger charge is -2.40. The second kappa shape index (κ2) is 60.9. The molecule has 3 N–H and O–H groups in total. The summed E-state index contributed by atoms with van der Waals surface area (Å²) in [5.74, 6) is -3.11. The van der Waals surface area contributed by atoms with Crippen LogP contribution in [-0.2, 0) is 42.9 Å². The van der Waals surface area contributed by atoms with Gasteiger partial charge in [-0.15, -0.1) is 0 Å². The molecule has 1 aliphatic rings. The SMILES string of the molecule is CCCCC/C=C\C/C=C\C/C=C\CCCCCCCCC(=O)OC1C(OCC(COC(=O)CCCCCCCCCCCCCCCCCCCCC)OC(=O)CCCCCCCCC/C=C\CCCCCCCC)OC(C(=O)O)C(O)C1O. The zero-order chi connectivity index (χ0) is 61.7. The Morgan fingerprint density at radius 3 is 1.11 bits per heavy atom. The lowest BCUT2D eigenvalue weighted by molar-refractivity contribution is -0.301. The molecule has 0 aromatic heterocycles. The zero-order valence-electron chi connectivity index (χ0n) is 54.9. The van der Waals surface area contributed by atoms with E-state index in [1.54, 1.807) is 0 Å². The van der Waals surface area contributed by atoms with Crippen LogP contribution in [0, 0.1) is 0 Å². The summed E-state index contributed by atoms with van der Waals surface area (Å²) < 4.78 is 28.6. The van der Waals surface area contributed by atoms with Gasteiger partial charge in [0.05, 0.1) is 6.61 Å². The van der Waals surface area contributed by atoms with E-state index < -0.39 is 67.3 Å². The van der Waals surface area contributed by atoms with Gasteiger partial charge < -0.3 is 39.0 Å². The van der Waals surface area contributed by atoms with Crippen molar-refractivity contribution in [1.82, 2.24) is 0 Å². The minimum Gasteiger partial charge on any atom is -0.479 e. The number of unbranched alkanes of at least 4 members (excludes halogenated alkanes) is 40. The van der Waals surface area contributed by atoms with Crippen LogP contribution in [0.1, 0.15) is 342 Å². The Hall–Kier alpha value is -3.32. The molecule has 12 heteroatoms. The highest BCUT2D eigenvalue weighted by Crippen LogP contribution is 2.27. The van der Waals surface area contributed by atoms with E-state index in [0.29, 0.717) is 19.3 Å². The third-order valence-electron chi connectivity index (χ3n) is 16.4. The number of aliphatic carboxylic acids is 1. The van der Waals surface area contributed by atoms with E-state index in [2.05, 4.69) is 69.4 Å². The number of carbonyl (C=O) groups is 4. The van der Waals surface area contributed by atoms with Crippen LogP contribution in [0.3, 0.4) is 0 Å². The Labute approximate surface area is 520 Å². The fourth-order valence-corrected chi connectivity index (χ4v) is 10.9. The van der Waals surface area contributed by atoms with Crippen molar-refractivity contribution in [3.05, 3.63) is 48.6 Å². The van der Waals surface area contributed by atoms with Gasteiger partial charge in [0.1, 0.15) is 18.8 Å². The molecular formula is C73H130O12. The summed E-state index contributed by atoms with van der Waals surface area (Å²) in [6, 6.07) is 0. The van der Waals surface area contributed by atoms with Crippen LogP contribution in [0.15, 0.2) is 48.6 Å². The van der Waals surface area contributed by atoms with Gasteiger partial charge >= 0.3 is 23.9 Å². The molecule has 0 aromatic carbocycles. The highest BCUT2D eigenvalue weighted by Gasteiger charge is 2.50.